The van der Waals surface area contributed by atoms with Crippen molar-refractivity contribution in [3.63, 3.8) is 0 Å². The van der Waals surface area contributed by atoms with Gasteiger partial charge in [-0.3, -0.25) is 24.6 Å². The Morgan fingerprint density at radius 2 is 1.93 bits per heavy atom. The molecule has 1 aliphatic heterocycles. The van der Waals surface area contributed by atoms with E-state index >= 15 is 0 Å². The van der Waals surface area contributed by atoms with E-state index in [0.717, 1.165) is 17.3 Å². The van der Waals surface area contributed by atoms with Gasteiger partial charge in [0.1, 0.15) is 10.0 Å². The first-order valence-electron chi connectivity index (χ1n) is 8.39. The highest BCUT2D eigenvalue weighted by atomic mass is 35.5. The van der Waals surface area contributed by atoms with E-state index in [0.29, 0.717) is 14.2 Å². The summed E-state index contributed by atoms with van der Waals surface area (Å²) in [5.41, 5.74) is 0.719. The lowest BCUT2D eigenvalue weighted by Crippen LogP contribution is -2.31. The third kappa shape index (κ3) is 5.20. The fraction of sp³-hybridized carbons (Fsp3) is 0.105. The van der Waals surface area contributed by atoms with Crippen molar-refractivity contribution < 1.29 is 14.5 Å². The number of nitro benzene ring substituents is 1. The van der Waals surface area contributed by atoms with Crippen molar-refractivity contribution in [3.05, 3.63) is 74.1 Å². The molecule has 2 amide bonds. The van der Waals surface area contributed by atoms with Gasteiger partial charge in [0.25, 0.3) is 11.6 Å². The Balaban J connectivity index is 1.63. The van der Waals surface area contributed by atoms with Crippen LogP contribution in [-0.2, 0) is 9.59 Å². The van der Waals surface area contributed by atoms with Crippen molar-refractivity contribution in [2.75, 3.05) is 11.9 Å². The summed E-state index contributed by atoms with van der Waals surface area (Å²) in [5.74, 6) is -0.733. The zero-order valence-corrected chi connectivity index (χ0v) is 17.2. The van der Waals surface area contributed by atoms with Crippen LogP contribution in [0.3, 0.4) is 0 Å². The number of carbonyl (C=O) groups is 2. The molecule has 1 heterocycles. The number of hydrogen-bond acceptors (Lipinski definition) is 6. The summed E-state index contributed by atoms with van der Waals surface area (Å²) in [7, 11) is 0. The van der Waals surface area contributed by atoms with E-state index in [1.165, 1.54) is 23.1 Å². The Morgan fingerprint density at radius 3 is 2.62 bits per heavy atom. The Morgan fingerprint density at radius 1 is 1.24 bits per heavy atom. The molecule has 2 aromatic rings. The number of carbonyl (C=O) groups excluding carboxylic acids is 2. The number of benzene rings is 2. The highest BCUT2D eigenvalue weighted by Gasteiger charge is 2.32. The molecule has 0 atom stereocenters. The van der Waals surface area contributed by atoms with Crippen LogP contribution in [-0.4, -0.2) is 32.5 Å². The number of rotatable bonds is 6. The Hall–Kier alpha value is -2.75. The number of halogens is 1. The normalized spacial score (nSPS) is 15.1. The summed E-state index contributed by atoms with van der Waals surface area (Å²) in [6.45, 7) is 0.0785. The maximum absolute atomic E-state index is 12.6. The second kappa shape index (κ2) is 9.17. The number of thioether (sulfide) groups is 1. The van der Waals surface area contributed by atoms with Crippen molar-refractivity contribution in [2.45, 2.75) is 6.42 Å². The molecule has 1 N–H and O–H groups in total. The van der Waals surface area contributed by atoms with E-state index in [1.807, 2.05) is 0 Å². The fourth-order valence-corrected chi connectivity index (χ4v) is 4.00. The smallest absolute Gasteiger partial charge is 0.292 e. The number of amides is 2. The number of hydrogen-bond donors (Lipinski definition) is 1. The fourth-order valence-electron chi connectivity index (χ4n) is 2.57. The molecule has 3 rings (SSSR count). The van der Waals surface area contributed by atoms with Gasteiger partial charge in [0.2, 0.25) is 5.91 Å². The van der Waals surface area contributed by atoms with E-state index in [9.17, 15) is 19.7 Å². The van der Waals surface area contributed by atoms with Crippen LogP contribution in [0.4, 0.5) is 11.4 Å². The molecule has 2 aromatic carbocycles. The van der Waals surface area contributed by atoms with E-state index in [1.54, 1.807) is 36.4 Å². The zero-order chi connectivity index (χ0) is 21.0. The number of anilines is 1. The molecule has 148 valence electrons. The molecule has 0 unspecified atom stereocenters. The van der Waals surface area contributed by atoms with E-state index in [2.05, 4.69) is 5.32 Å². The molecule has 0 saturated carbocycles. The van der Waals surface area contributed by atoms with Gasteiger partial charge in [-0.15, -0.1) is 0 Å². The van der Waals surface area contributed by atoms with Gasteiger partial charge in [0, 0.05) is 24.1 Å². The van der Waals surface area contributed by atoms with Gasteiger partial charge >= 0.3 is 0 Å². The summed E-state index contributed by atoms with van der Waals surface area (Å²) >= 11 is 12.3. The molecular formula is C19H14ClN3O4S2. The van der Waals surface area contributed by atoms with Crippen molar-refractivity contribution in [3.8, 4) is 0 Å². The largest absolute Gasteiger partial charge is 0.320 e. The van der Waals surface area contributed by atoms with Crippen LogP contribution in [0.15, 0.2) is 53.4 Å². The first-order chi connectivity index (χ1) is 13.8. The highest BCUT2D eigenvalue weighted by Crippen LogP contribution is 2.33. The van der Waals surface area contributed by atoms with Crippen molar-refractivity contribution in [1.82, 2.24) is 4.90 Å². The third-order valence-electron chi connectivity index (χ3n) is 3.98. The minimum Gasteiger partial charge on any atom is -0.320 e. The maximum Gasteiger partial charge on any atom is 0.292 e. The highest BCUT2D eigenvalue weighted by molar-refractivity contribution is 8.26. The van der Waals surface area contributed by atoms with Crippen LogP contribution in [0.2, 0.25) is 5.02 Å². The van der Waals surface area contributed by atoms with Crippen LogP contribution >= 0.6 is 35.6 Å². The number of para-hydroxylation sites is 2. The van der Waals surface area contributed by atoms with Gasteiger partial charge in [0.15, 0.2) is 0 Å². The predicted octanol–water partition coefficient (Wildman–Crippen LogP) is 4.48. The molecular weight excluding hydrogens is 434 g/mol. The van der Waals surface area contributed by atoms with Crippen molar-refractivity contribution in [1.29, 1.82) is 0 Å². The molecule has 7 nitrogen and oxygen atoms in total. The minimum absolute atomic E-state index is 0.0489. The lowest BCUT2D eigenvalue weighted by Gasteiger charge is -2.14. The summed E-state index contributed by atoms with van der Waals surface area (Å²) in [6, 6.07) is 12.9. The second-order valence-electron chi connectivity index (χ2n) is 5.96. The van der Waals surface area contributed by atoms with Gasteiger partial charge in [-0.25, -0.2) is 0 Å². The molecule has 0 bridgehead atoms. The monoisotopic (exact) mass is 447 g/mol. The molecule has 1 fully saturated rings. The number of thiocarbonyl (C=S) groups is 1. The standard InChI is InChI=1S/C19H14ClN3O4S2/c20-13-7-5-12(6-8-13)11-16-18(25)22(19(28)29-16)10-9-17(24)21-14-3-1-2-4-15(14)23(26)27/h1-8,11H,9-10H2,(H,21,24)/b16-11+. The van der Waals surface area contributed by atoms with Gasteiger partial charge in [0.05, 0.1) is 9.83 Å². The van der Waals surface area contributed by atoms with E-state index in [4.69, 9.17) is 23.8 Å². The van der Waals surface area contributed by atoms with Gasteiger partial charge < -0.3 is 5.32 Å². The minimum atomic E-state index is -0.570. The van der Waals surface area contributed by atoms with Crippen LogP contribution < -0.4 is 5.32 Å². The molecule has 0 radical (unpaired) electrons. The van der Waals surface area contributed by atoms with Gasteiger partial charge in [-0.2, -0.15) is 0 Å². The van der Waals surface area contributed by atoms with Crippen molar-refractivity contribution >= 4 is 69.2 Å². The maximum atomic E-state index is 12.6. The summed E-state index contributed by atoms with van der Waals surface area (Å²) in [6.07, 6.45) is 1.66. The summed E-state index contributed by atoms with van der Waals surface area (Å²) in [5, 5.41) is 14.1. The Kier molecular flexibility index (Phi) is 6.63. The summed E-state index contributed by atoms with van der Waals surface area (Å²) < 4.78 is 0.355. The van der Waals surface area contributed by atoms with Crippen molar-refractivity contribution in [2.24, 2.45) is 0 Å². The van der Waals surface area contributed by atoms with Crippen LogP contribution in [0.5, 0.6) is 0 Å². The van der Waals surface area contributed by atoms with Crippen LogP contribution in [0.1, 0.15) is 12.0 Å². The first kappa shape index (κ1) is 21.0. The molecule has 0 spiro atoms. The van der Waals surface area contributed by atoms with E-state index in [-0.39, 0.29) is 30.2 Å². The molecule has 0 aliphatic carbocycles. The molecule has 0 aromatic heterocycles. The number of nitrogens with one attached hydrogen (secondary N) is 1. The van der Waals surface area contributed by atoms with Gasteiger partial charge in [-0.1, -0.05) is 59.8 Å². The number of nitro groups is 1. The summed E-state index contributed by atoms with van der Waals surface area (Å²) in [4.78, 5) is 37.1. The Labute approximate surface area is 180 Å². The predicted molar refractivity (Wildman–Crippen MR) is 118 cm³/mol. The lowest BCUT2D eigenvalue weighted by molar-refractivity contribution is -0.383. The molecule has 10 heteroatoms. The molecule has 29 heavy (non-hydrogen) atoms. The zero-order valence-electron chi connectivity index (χ0n) is 14.8. The van der Waals surface area contributed by atoms with Crippen LogP contribution in [0.25, 0.3) is 6.08 Å². The van der Waals surface area contributed by atoms with E-state index < -0.39 is 10.8 Å². The van der Waals surface area contributed by atoms with Crippen LogP contribution in [0, 0.1) is 10.1 Å². The average Bonchev–Trinajstić information content (AvgIpc) is 2.95. The molecule has 1 aliphatic rings. The molecule has 1 saturated heterocycles. The third-order valence-corrected chi connectivity index (χ3v) is 5.61. The number of nitrogens with zero attached hydrogens (tertiary/aromatic N) is 2. The second-order valence-corrected chi connectivity index (χ2v) is 8.07. The SMILES string of the molecule is O=C(CCN1C(=O)/C(=C\c2ccc(Cl)cc2)SC1=S)Nc1ccccc1[N+](=O)[O-]. The quantitative estimate of drug-likeness (QED) is 0.304. The first-order valence-corrected chi connectivity index (χ1v) is 9.99. The lowest BCUT2D eigenvalue weighted by atomic mass is 10.2. The van der Waals surface area contributed by atoms with Gasteiger partial charge in [-0.05, 0) is 29.8 Å². The topological polar surface area (TPSA) is 92.6 Å². The Bertz CT molecular complexity index is 1020. The average molecular weight is 448 g/mol.